The molecule has 2 aliphatic heterocycles. The van der Waals surface area contributed by atoms with Crippen LogP contribution in [0, 0.1) is 11.8 Å². The van der Waals surface area contributed by atoms with E-state index in [2.05, 4.69) is 15.2 Å². The Morgan fingerprint density at radius 3 is 2.52 bits per heavy atom. The minimum Gasteiger partial charge on any atom is -0.461 e. The number of nitrogens with one attached hydrogen (secondary N) is 2. The number of ether oxygens (including phenoxy) is 2. The molecule has 3 aliphatic rings. The van der Waals surface area contributed by atoms with Gasteiger partial charge in [-0.15, -0.1) is 0 Å². The maximum Gasteiger partial charge on any atom is 0.354 e. The van der Waals surface area contributed by atoms with E-state index in [-0.39, 0.29) is 35.6 Å². The first-order valence-corrected chi connectivity index (χ1v) is 17.5. The van der Waals surface area contributed by atoms with Crippen LogP contribution in [0.2, 0.25) is 0 Å². The molecule has 10 nitrogen and oxygen atoms in total. The van der Waals surface area contributed by atoms with E-state index in [0.717, 1.165) is 68.6 Å². The summed E-state index contributed by atoms with van der Waals surface area (Å²) in [6, 6.07) is 16.3. The molecule has 0 unspecified atom stereocenters. The normalized spacial score (nSPS) is 24.0. The van der Waals surface area contributed by atoms with E-state index >= 15 is 0 Å². The lowest BCUT2D eigenvalue weighted by Crippen LogP contribution is -2.48. The fraction of sp³-hybridized carbons (Fsp3) is 0.541. The van der Waals surface area contributed by atoms with Gasteiger partial charge >= 0.3 is 5.97 Å². The highest BCUT2D eigenvalue weighted by molar-refractivity contribution is 6.01. The number of hydrogen-bond donors (Lipinski definition) is 3. The van der Waals surface area contributed by atoms with Crippen molar-refractivity contribution in [1.29, 1.82) is 0 Å². The van der Waals surface area contributed by atoms with Crippen LogP contribution >= 0.6 is 0 Å². The van der Waals surface area contributed by atoms with Crippen LogP contribution in [0.4, 0.5) is 10.1 Å². The van der Waals surface area contributed by atoms with Crippen LogP contribution in [-0.4, -0.2) is 97.3 Å². The van der Waals surface area contributed by atoms with E-state index in [1.54, 1.807) is 17.0 Å². The van der Waals surface area contributed by atoms with Gasteiger partial charge in [0.1, 0.15) is 11.7 Å². The number of likely N-dealkylation sites (tertiary alicyclic amines) is 1. The summed E-state index contributed by atoms with van der Waals surface area (Å²) in [5.41, 5.74) is 8.94. The van der Waals surface area contributed by atoms with Crippen LogP contribution in [-0.2, 0) is 19.1 Å². The Morgan fingerprint density at radius 2 is 1.77 bits per heavy atom. The average molecular weight is 662 g/mol. The number of alkyl halides is 1. The molecule has 258 valence electrons. The molecule has 1 aliphatic carbocycles. The summed E-state index contributed by atoms with van der Waals surface area (Å²) in [6.45, 7) is 4.55. The van der Waals surface area contributed by atoms with Gasteiger partial charge in [-0.25, -0.2) is 4.79 Å². The van der Waals surface area contributed by atoms with E-state index in [4.69, 9.17) is 15.2 Å². The summed E-state index contributed by atoms with van der Waals surface area (Å²) in [5, 5.41) is 3.86. The zero-order chi connectivity index (χ0) is 33.5. The number of nitrogens with zero attached hydrogens (tertiary/aromatic N) is 2. The first-order chi connectivity index (χ1) is 23.4. The van der Waals surface area contributed by atoms with Gasteiger partial charge < -0.3 is 30.4 Å². The Morgan fingerprint density at radius 1 is 1.00 bits per heavy atom. The molecule has 48 heavy (non-hydrogen) atoms. The number of carbonyl (C=O) groups is 3. The number of aromatic amines is 1. The van der Waals surface area contributed by atoms with Gasteiger partial charge in [0.05, 0.1) is 26.5 Å². The van der Waals surface area contributed by atoms with Crippen molar-refractivity contribution in [1.82, 2.24) is 14.8 Å². The van der Waals surface area contributed by atoms with E-state index in [1.807, 2.05) is 42.5 Å². The molecule has 0 spiro atoms. The van der Waals surface area contributed by atoms with Crippen molar-refractivity contribution >= 4 is 34.4 Å². The fourth-order valence-electron chi connectivity index (χ4n) is 7.70. The van der Waals surface area contributed by atoms with Crippen LogP contribution in [0.5, 0.6) is 0 Å². The molecule has 2 amide bonds. The van der Waals surface area contributed by atoms with E-state index in [9.17, 15) is 18.8 Å². The molecule has 2 aromatic carbocycles. The smallest absolute Gasteiger partial charge is 0.354 e. The molecule has 6 rings (SSSR count). The largest absolute Gasteiger partial charge is 0.461 e. The second-order valence-corrected chi connectivity index (χ2v) is 13.5. The Labute approximate surface area is 281 Å². The standard InChI is InChI=1S/C37H48FN5O5/c38-15-13-31(39)26-7-9-27(10-8-26)36(45)43-17-14-30(25-5-2-1-3-6-25)34(43)35(44)40-29-11-12-32-28(23-29)24-33(41-32)37(46)48-20-4-16-42-18-21-47-22-19-42/h1-3,5-6,11-12,23-24,26-27,30-31,34,41H,4,7-10,13-22,39H2,(H,40,44)/t26-,27-,30-,31-,34+/m1/s1. The lowest BCUT2D eigenvalue weighted by molar-refractivity contribution is -0.141. The van der Waals surface area contributed by atoms with Crippen molar-refractivity contribution in [2.24, 2.45) is 17.6 Å². The van der Waals surface area contributed by atoms with Crippen LogP contribution in [0.1, 0.15) is 66.9 Å². The second-order valence-electron chi connectivity index (χ2n) is 13.5. The Hall–Kier alpha value is -3.80. The average Bonchev–Trinajstić information content (AvgIpc) is 3.76. The fourth-order valence-corrected chi connectivity index (χ4v) is 7.70. The molecule has 3 heterocycles. The molecule has 4 N–H and O–H groups in total. The van der Waals surface area contributed by atoms with Gasteiger partial charge in [0.25, 0.3) is 0 Å². The number of esters is 1. The van der Waals surface area contributed by atoms with Crippen LogP contribution < -0.4 is 11.1 Å². The van der Waals surface area contributed by atoms with Crippen LogP contribution in [0.3, 0.4) is 0 Å². The number of nitrogens with two attached hydrogens (primary N) is 1. The third-order valence-electron chi connectivity index (χ3n) is 10.4. The summed E-state index contributed by atoms with van der Waals surface area (Å²) in [7, 11) is 0. The molecule has 3 atom stereocenters. The van der Waals surface area contributed by atoms with Crippen molar-refractivity contribution in [2.45, 2.75) is 62.9 Å². The minimum atomic E-state index is -0.656. The van der Waals surface area contributed by atoms with Crippen molar-refractivity contribution < 1.29 is 28.2 Å². The highest BCUT2D eigenvalue weighted by Crippen LogP contribution is 2.38. The molecule has 0 bridgehead atoms. The SMILES string of the molecule is N[C@H](CCF)[C@H]1CC[C@H](C(=O)N2CC[C@H](c3ccccc3)[C@H]2C(=O)Nc2ccc3[nH]c(C(=O)OCCCN4CCOCC4)cc3c2)CC1. The summed E-state index contributed by atoms with van der Waals surface area (Å²) in [5.74, 6) is -0.709. The van der Waals surface area contributed by atoms with Gasteiger partial charge in [0, 0.05) is 60.6 Å². The Kier molecular flexibility index (Phi) is 11.4. The molecule has 1 aromatic heterocycles. The third-order valence-corrected chi connectivity index (χ3v) is 10.4. The first-order valence-electron chi connectivity index (χ1n) is 17.5. The number of aromatic nitrogens is 1. The Bertz CT molecular complexity index is 1540. The molecule has 1 saturated carbocycles. The number of fused-ring (bicyclic) bond motifs is 1. The minimum absolute atomic E-state index is 0.0141. The molecular weight excluding hydrogens is 613 g/mol. The van der Waals surface area contributed by atoms with Crippen molar-refractivity contribution in [2.75, 3.05) is 58.0 Å². The monoisotopic (exact) mass is 661 g/mol. The number of carbonyl (C=O) groups excluding carboxylic acids is 3. The number of hydrogen-bond acceptors (Lipinski definition) is 7. The number of morpholine rings is 1. The maximum atomic E-state index is 14.1. The topological polar surface area (TPSA) is 130 Å². The number of halogens is 1. The first kappa shape index (κ1) is 34.1. The summed E-state index contributed by atoms with van der Waals surface area (Å²) >= 11 is 0. The Balaban J connectivity index is 1.11. The highest BCUT2D eigenvalue weighted by Gasteiger charge is 2.44. The zero-order valence-corrected chi connectivity index (χ0v) is 27.6. The molecule has 2 saturated heterocycles. The van der Waals surface area contributed by atoms with E-state index in [1.165, 1.54) is 0 Å². The van der Waals surface area contributed by atoms with Gasteiger partial charge in [-0.3, -0.25) is 18.9 Å². The number of H-pyrrole nitrogens is 1. The van der Waals surface area contributed by atoms with Gasteiger partial charge in [-0.05, 0) is 80.7 Å². The number of benzene rings is 2. The highest BCUT2D eigenvalue weighted by atomic mass is 19.1. The van der Waals surface area contributed by atoms with Gasteiger partial charge in [0.2, 0.25) is 11.8 Å². The predicted octanol–water partition coefficient (Wildman–Crippen LogP) is 4.86. The quantitative estimate of drug-likeness (QED) is 0.187. The summed E-state index contributed by atoms with van der Waals surface area (Å²) in [4.78, 5) is 48.0. The second kappa shape index (κ2) is 16.1. The molecule has 3 aromatic rings. The third kappa shape index (κ3) is 8.07. The van der Waals surface area contributed by atoms with Crippen molar-refractivity contribution in [3.8, 4) is 0 Å². The van der Waals surface area contributed by atoms with Crippen molar-refractivity contribution in [3.63, 3.8) is 0 Å². The van der Waals surface area contributed by atoms with E-state index < -0.39 is 18.7 Å². The van der Waals surface area contributed by atoms with Crippen molar-refractivity contribution in [3.05, 3.63) is 65.9 Å². The summed E-state index contributed by atoms with van der Waals surface area (Å²) in [6.07, 6.45) is 4.80. The zero-order valence-electron chi connectivity index (χ0n) is 27.6. The van der Waals surface area contributed by atoms with Crippen LogP contribution in [0.15, 0.2) is 54.6 Å². The van der Waals surface area contributed by atoms with E-state index in [0.29, 0.717) is 50.2 Å². The molecule has 3 fully saturated rings. The van der Waals surface area contributed by atoms with Crippen LogP contribution in [0.25, 0.3) is 10.9 Å². The molecule has 11 heteroatoms. The summed E-state index contributed by atoms with van der Waals surface area (Å²) < 4.78 is 23.8. The maximum absolute atomic E-state index is 14.1. The predicted molar refractivity (Wildman–Crippen MR) is 182 cm³/mol. The van der Waals surface area contributed by atoms with Gasteiger partial charge in [-0.2, -0.15) is 0 Å². The lowest BCUT2D eigenvalue weighted by Gasteiger charge is -2.35. The number of anilines is 1. The molecular formula is C37H48FN5O5. The number of rotatable bonds is 12. The lowest BCUT2D eigenvalue weighted by atomic mass is 9.77. The molecule has 0 radical (unpaired) electrons. The van der Waals surface area contributed by atoms with Gasteiger partial charge in [-0.1, -0.05) is 30.3 Å². The number of amides is 2. The van der Waals surface area contributed by atoms with Gasteiger partial charge in [0.15, 0.2) is 0 Å².